The van der Waals surface area contributed by atoms with E-state index in [2.05, 4.69) is 32.3 Å². The largest absolute Gasteiger partial charge is 0.351 e. The van der Waals surface area contributed by atoms with Crippen LogP contribution in [0.2, 0.25) is 0 Å². The van der Waals surface area contributed by atoms with Gasteiger partial charge in [0.1, 0.15) is 0 Å². The molecule has 1 amide bonds. The van der Waals surface area contributed by atoms with Crippen LogP contribution in [-0.2, 0) is 24.2 Å². The lowest BCUT2D eigenvalue weighted by Gasteiger charge is -2.03. The number of amides is 1. The molecule has 0 bridgehead atoms. The summed E-state index contributed by atoms with van der Waals surface area (Å²) in [5.41, 5.74) is 1.81. The van der Waals surface area contributed by atoms with E-state index in [0.29, 0.717) is 37.5 Å². The fraction of sp³-hybridized carbons (Fsp3) is 0.389. The highest BCUT2D eigenvalue weighted by atomic mass is 32.1. The maximum absolute atomic E-state index is 12.0. The van der Waals surface area contributed by atoms with Crippen LogP contribution in [0.5, 0.6) is 0 Å². The molecular weight excluding hydrogens is 350 g/mol. The molecule has 0 aliphatic carbocycles. The van der Waals surface area contributed by atoms with Crippen molar-refractivity contribution in [2.45, 2.75) is 46.1 Å². The molecule has 0 saturated carbocycles. The normalized spacial score (nSPS) is 10.8. The number of hydrogen-bond acceptors (Lipinski definition) is 7. The standard InChI is InChI=1S/C18H21N5O2S/c1-3-17-21-12(2)14(26-17)11-20-15(24)7-4-8-16-22-18(23-25-16)13-6-5-9-19-10-13/h5-6,9-10H,3-4,7-8,11H2,1-2H3,(H,20,24). The number of rotatable bonds is 8. The highest BCUT2D eigenvalue weighted by Gasteiger charge is 2.11. The molecule has 3 aromatic heterocycles. The zero-order valence-electron chi connectivity index (χ0n) is 14.9. The Morgan fingerprint density at radius 2 is 2.23 bits per heavy atom. The van der Waals surface area contributed by atoms with Crippen molar-refractivity contribution in [2.24, 2.45) is 0 Å². The molecule has 0 fully saturated rings. The van der Waals surface area contributed by atoms with E-state index in [9.17, 15) is 4.79 Å². The zero-order valence-corrected chi connectivity index (χ0v) is 15.7. The minimum atomic E-state index is 0.0165. The molecule has 26 heavy (non-hydrogen) atoms. The Bertz CT molecular complexity index is 860. The number of hydrogen-bond donors (Lipinski definition) is 1. The van der Waals surface area contributed by atoms with Gasteiger partial charge in [0.05, 0.1) is 17.2 Å². The first kappa shape index (κ1) is 18.2. The summed E-state index contributed by atoms with van der Waals surface area (Å²) >= 11 is 1.66. The lowest BCUT2D eigenvalue weighted by atomic mass is 10.2. The maximum atomic E-state index is 12.0. The molecule has 0 atom stereocenters. The number of aromatic nitrogens is 4. The SMILES string of the molecule is CCc1nc(C)c(CNC(=O)CCCc2nc(-c3cccnc3)no2)s1. The molecule has 0 saturated heterocycles. The van der Waals surface area contributed by atoms with Crippen molar-refractivity contribution >= 4 is 17.2 Å². The van der Waals surface area contributed by atoms with Crippen LogP contribution in [-0.4, -0.2) is 26.0 Å². The topological polar surface area (TPSA) is 93.8 Å². The van der Waals surface area contributed by atoms with E-state index < -0.39 is 0 Å². The number of carbonyl (C=O) groups is 1. The number of nitrogens with one attached hydrogen (secondary N) is 1. The molecule has 1 N–H and O–H groups in total. The average molecular weight is 371 g/mol. The first-order chi connectivity index (χ1) is 12.7. The van der Waals surface area contributed by atoms with Gasteiger partial charge in [0.25, 0.3) is 0 Å². The number of thiazole rings is 1. The molecule has 0 aromatic carbocycles. The Kier molecular flexibility index (Phi) is 6.06. The minimum Gasteiger partial charge on any atom is -0.351 e. The monoisotopic (exact) mass is 371 g/mol. The first-order valence-corrected chi connectivity index (χ1v) is 9.42. The lowest BCUT2D eigenvalue weighted by Crippen LogP contribution is -2.22. The summed E-state index contributed by atoms with van der Waals surface area (Å²) in [6.07, 6.45) is 5.95. The van der Waals surface area contributed by atoms with Gasteiger partial charge in [-0.05, 0) is 31.9 Å². The van der Waals surface area contributed by atoms with Gasteiger partial charge in [-0.15, -0.1) is 11.3 Å². The summed E-state index contributed by atoms with van der Waals surface area (Å²) in [5, 5.41) is 8.00. The van der Waals surface area contributed by atoms with E-state index in [1.54, 1.807) is 23.7 Å². The van der Waals surface area contributed by atoms with Gasteiger partial charge >= 0.3 is 0 Å². The van der Waals surface area contributed by atoms with Crippen molar-refractivity contribution in [3.63, 3.8) is 0 Å². The molecule has 0 aliphatic rings. The number of carbonyl (C=O) groups excluding carboxylic acids is 1. The van der Waals surface area contributed by atoms with Gasteiger partial charge < -0.3 is 9.84 Å². The summed E-state index contributed by atoms with van der Waals surface area (Å²) < 4.78 is 5.23. The summed E-state index contributed by atoms with van der Waals surface area (Å²) in [6.45, 7) is 4.60. The molecule has 0 aliphatic heterocycles. The quantitative estimate of drug-likeness (QED) is 0.654. The first-order valence-electron chi connectivity index (χ1n) is 8.60. The fourth-order valence-corrected chi connectivity index (χ4v) is 3.39. The highest BCUT2D eigenvalue weighted by molar-refractivity contribution is 7.11. The summed E-state index contributed by atoms with van der Waals surface area (Å²) in [6, 6.07) is 3.70. The molecule has 3 rings (SSSR count). The molecule has 3 aromatic rings. The third kappa shape index (κ3) is 4.72. The number of aryl methyl sites for hydroxylation is 3. The molecule has 0 spiro atoms. The smallest absolute Gasteiger partial charge is 0.226 e. The van der Waals surface area contributed by atoms with Crippen LogP contribution < -0.4 is 5.32 Å². The van der Waals surface area contributed by atoms with E-state index in [4.69, 9.17) is 4.52 Å². The van der Waals surface area contributed by atoms with Crippen LogP contribution in [0.3, 0.4) is 0 Å². The second-order valence-electron chi connectivity index (χ2n) is 5.85. The Morgan fingerprint density at radius 1 is 1.35 bits per heavy atom. The van der Waals surface area contributed by atoms with Crippen molar-refractivity contribution in [2.75, 3.05) is 0 Å². The van der Waals surface area contributed by atoms with Crippen molar-refractivity contribution < 1.29 is 9.32 Å². The second kappa shape index (κ2) is 8.66. The van der Waals surface area contributed by atoms with Crippen LogP contribution in [0.25, 0.3) is 11.4 Å². The van der Waals surface area contributed by atoms with E-state index in [1.165, 1.54) is 0 Å². The molecule has 3 heterocycles. The third-order valence-corrected chi connectivity index (χ3v) is 5.17. The summed E-state index contributed by atoms with van der Waals surface area (Å²) in [4.78, 5) is 26.0. The fourth-order valence-electron chi connectivity index (χ4n) is 2.44. The second-order valence-corrected chi connectivity index (χ2v) is 7.02. The molecule has 8 heteroatoms. The Morgan fingerprint density at radius 3 is 2.96 bits per heavy atom. The maximum Gasteiger partial charge on any atom is 0.226 e. The Hall–Kier alpha value is -2.61. The van der Waals surface area contributed by atoms with Crippen molar-refractivity contribution in [1.29, 1.82) is 0 Å². The summed E-state index contributed by atoms with van der Waals surface area (Å²) in [7, 11) is 0. The van der Waals surface area contributed by atoms with Crippen molar-refractivity contribution in [3.05, 3.63) is 46.0 Å². The molecular formula is C18H21N5O2S. The zero-order chi connectivity index (χ0) is 18.4. The number of nitrogens with zero attached hydrogens (tertiary/aromatic N) is 4. The van der Waals surface area contributed by atoms with Gasteiger partial charge in [0.15, 0.2) is 0 Å². The summed E-state index contributed by atoms with van der Waals surface area (Å²) in [5.74, 6) is 1.07. The minimum absolute atomic E-state index is 0.0165. The van der Waals surface area contributed by atoms with Crippen molar-refractivity contribution in [1.82, 2.24) is 25.4 Å². The van der Waals surface area contributed by atoms with Gasteiger partial charge in [-0.2, -0.15) is 4.98 Å². The van der Waals surface area contributed by atoms with Gasteiger partial charge in [0.2, 0.25) is 17.6 Å². The van der Waals surface area contributed by atoms with Gasteiger partial charge in [-0.3, -0.25) is 9.78 Å². The van der Waals surface area contributed by atoms with Gasteiger partial charge in [-0.25, -0.2) is 4.98 Å². The lowest BCUT2D eigenvalue weighted by molar-refractivity contribution is -0.121. The predicted molar refractivity (Wildman–Crippen MR) is 98.5 cm³/mol. The van der Waals surface area contributed by atoms with E-state index >= 15 is 0 Å². The predicted octanol–water partition coefficient (Wildman–Crippen LogP) is 3.10. The van der Waals surface area contributed by atoms with Crippen LogP contribution in [0.1, 0.15) is 41.2 Å². The van der Waals surface area contributed by atoms with Crippen LogP contribution >= 0.6 is 11.3 Å². The molecule has 0 radical (unpaired) electrons. The number of pyridine rings is 1. The van der Waals surface area contributed by atoms with E-state index in [-0.39, 0.29) is 5.91 Å². The van der Waals surface area contributed by atoms with Crippen LogP contribution in [0.4, 0.5) is 0 Å². The molecule has 136 valence electrons. The molecule has 7 nitrogen and oxygen atoms in total. The van der Waals surface area contributed by atoms with Crippen LogP contribution in [0, 0.1) is 6.92 Å². The van der Waals surface area contributed by atoms with E-state index in [0.717, 1.165) is 27.6 Å². The molecule has 0 unspecified atom stereocenters. The van der Waals surface area contributed by atoms with Gasteiger partial charge in [-0.1, -0.05) is 12.1 Å². The average Bonchev–Trinajstić information content (AvgIpc) is 3.27. The van der Waals surface area contributed by atoms with E-state index in [1.807, 2.05) is 19.1 Å². The van der Waals surface area contributed by atoms with Crippen LogP contribution in [0.15, 0.2) is 29.0 Å². The third-order valence-electron chi connectivity index (χ3n) is 3.87. The highest BCUT2D eigenvalue weighted by Crippen LogP contribution is 2.18. The Balaban J connectivity index is 1.42. The van der Waals surface area contributed by atoms with Gasteiger partial charge in [0, 0.05) is 35.7 Å². The van der Waals surface area contributed by atoms with Crippen molar-refractivity contribution in [3.8, 4) is 11.4 Å². The Labute approximate surface area is 155 Å².